The van der Waals surface area contributed by atoms with Gasteiger partial charge in [-0.05, 0) is 27.7 Å². The maximum absolute atomic E-state index is 9.98. The third-order valence-corrected chi connectivity index (χ3v) is 2.89. The van der Waals surface area contributed by atoms with E-state index < -0.39 is 11.2 Å². The van der Waals surface area contributed by atoms with Crippen LogP contribution < -0.4 is 15.2 Å². The zero-order valence-corrected chi connectivity index (χ0v) is 10.9. The summed E-state index contributed by atoms with van der Waals surface area (Å²) in [6.45, 7) is 6.97. The quantitative estimate of drug-likeness (QED) is 0.835. The molecule has 0 radical (unpaired) electrons. The number of nitrogens with zero attached hydrogens (tertiary/aromatic N) is 1. The highest BCUT2D eigenvalue weighted by Gasteiger charge is 2.37. The molecule has 0 saturated carbocycles. The fourth-order valence-corrected chi connectivity index (χ4v) is 1.09. The van der Waals surface area contributed by atoms with Gasteiger partial charge in [0.15, 0.2) is 0 Å². The van der Waals surface area contributed by atoms with Crippen molar-refractivity contribution in [3.63, 3.8) is 0 Å². The molecule has 3 N–H and O–H groups in total. The first-order valence-electron chi connectivity index (χ1n) is 5.38. The lowest BCUT2D eigenvalue weighted by atomic mass is 9.89. The van der Waals surface area contributed by atoms with E-state index in [0.717, 1.165) is 0 Å². The lowest BCUT2D eigenvalue weighted by Crippen LogP contribution is -2.49. The third kappa shape index (κ3) is 3.00. The molecule has 1 rings (SSSR count). The highest BCUT2D eigenvalue weighted by atomic mass is 16.5. The van der Waals surface area contributed by atoms with E-state index in [-0.39, 0.29) is 0 Å². The fourth-order valence-electron chi connectivity index (χ4n) is 1.09. The van der Waals surface area contributed by atoms with Crippen LogP contribution >= 0.6 is 0 Å². The minimum Gasteiger partial charge on any atom is -0.483 e. The number of anilines is 1. The highest BCUT2D eigenvalue weighted by molar-refractivity contribution is 5.51. The molecule has 96 valence electrons. The number of aromatic nitrogens is 1. The average Bonchev–Trinajstić information content (AvgIpc) is 2.15. The van der Waals surface area contributed by atoms with E-state index in [4.69, 9.17) is 15.2 Å². The summed E-state index contributed by atoms with van der Waals surface area (Å²) in [6, 6.07) is 1.62. The molecular weight excluding hydrogens is 220 g/mol. The van der Waals surface area contributed by atoms with E-state index in [1.54, 1.807) is 33.8 Å². The Morgan fingerprint density at radius 2 is 1.88 bits per heavy atom. The molecule has 0 aliphatic heterocycles. The number of methoxy groups -OCH3 is 1. The monoisotopic (exact) mass is 240 g/mol. The molecule has 0 bridgehead atoms. The van der Waals surface area contributed by atoms with E-state index in [1.807, 2.05) is 0 Å². The Hall–Kier alpha value is -1.49. The van der Waals surface area contributed by atoms with Gasteiger partial charge in [-0.2, -0.15) is 0 Å². The number of ether oxygens (including phenoxy) is 2. The summed E-state index contributed by atoms with van der Waals surface area (Å²) in [7, 11) is 1.50. The van der Waals surface area contributed by atoms with Crippen molar-refractivity contribution in [3.8, 4) is 11.6 Å². The Kier molecular flexibility index (Phi) is 3.52. The van der Waals surface area contributed by atoms with Crippen LogP contribution in [0.1, 0.15) is 27.7 Å². The summed E-state index contributed by atoms with van der Waals surface area (Å²) in [4.78, 5) is 4.01. The number of hydrogen-bond acceptors (Lipinski definition) is 5. The summed E-state index contributed by atoms with van der Waals surface area (Å²) in [5.74, 6) is 0.855. The summed E-state index contributed by atoms with van der Waals surface area (Å²) >= 11 is 0. The standard InChI is InChI=1S/C12H20N2O3/c1-11(2,15)12(3,4)17-8-6-9(13)10(16-5)14-7-8/h6-7,15H,13H2,1-5H3. The zero-order valence-electron chi connectivity index (χ0n) is 10.9. The first kappa shape index (κ1) is 13.6. The van der Waals surface area contributed by atoms with E-state index in [9.17, 15) is 5.11 Å². The second-order valence-electron chi connectivity index (χ2n) is 4.94. The van der Waals surface area contributed by atoms with Gasteiger partial charge in [-0.1, -0.05) is 0 Å². The molecule has 0 amide bonds. The summed E-state index contributed by atoms with van der Waals surface area (Å²) < 4.78 is 10.7. The molecule has 1 aromatic heterocycles. The van der Waals surface area contributed by atoms with E-state index in [2.05, 4.69) is 4.98 Å². The van der Waals surface area contributed by atoms with Gasteiger partial charge in [-0.25, -0.2) is 4.98 Å². The average molecular weight is 240 g/mol. The SMILES string of the molecule is COc1ncc(OC(C)(C)C(C)(C)O)cc1N. The molecule has 1 heterocycles. The lowest BCUT2D eigenvalue weighted by Gasteiger charge is -2.37. The topological polar surface area (TPSA) is 77.6 Å². The Morgan fingerprint density at radius 3 is 2.29 bits per heavy atom. The van der Waals surface area contributed by atoms with Gasteiger partial charge in [0, 0.05) is 6.07 Å². The number of hydrogen-bond donors (Lipinski definition) is 2. The predicted molar refractivity (Wildman–Crippen MR) is 66.2 cm³/mol. The molecule has 0 spiro atoms. The number of nitrogens with two attached hydrogens (primary N) is 1. The number of rotatable bonds is 4. The molecule has 17 heavy (non-hydrogen) atoms. The number of nitrogen functional groups attached to an aromatic ring is 1. The predicted octanol–water partition coefficient (Wildman–Crippen LogP) is 1.60. The maximum atomic E-state index is 9.98. The van der Waals surface area contributed by atoms with Crippen LogP contribution in [0.3, 0.4) is 0 Å². The van der Waals surface area contributed by atoms with Crippen molar-refractivity contribution in [2.24, 2.45) is 0 Å². The molecule has 0 unspecified atom stereocenters. The van der Waals surface area contributed by atoms with Crippen LogP contribution in [-0.4, -0.2) is 28.4 Å². The molecule has 0 aliphatic carbocycles. The van der Waals surface area contributed by atoms with Crippen molar-refractivity contribution in [1.29, 1.82) is 0 Å². The van der Waals surface area contributed by atoms with E-state index in [1.165, 1.54) is 13.3 Å². The van der Waals surface area contributed by atoms with Gasteiger partial charge in [0.1, 0.15) is 11.4 Å². The van der Waals surface area contributed by atoms with Crippen LogP contribution in [0, 0.1) is 0 Å². The molecule has 0 atom stereocenters. The van der Waals surface area contributed by atoms with Crippen molar-refractivity contribution >= 4 is 5.69 Å². The highest BCUT2D eigenvalue weighted by Crippen LogP contribution is 2.30. The third-order valence-electron chi connectivity index (χ3n) is 2.89. The van der Waals surface area contributed by atoms with Crippen LogP contribution in [0.4, 0.5) is 5.69 Å². The summed E-state index contributed by atoms with van der Waals surface area (Å²) in [5, 5.41) is 9.98. The molecule has 0 aromatic carbocycles. The Balaban J connectivity index is 2.93. The molecule has 5 heteroatoms. The Morgan fingerprint density at radius 1 is 1.29 bits per heavy atom. The van der Waals surface area contributed by atoms with Crippen molar-refractivity contribution < 1.29 is 14.6 Å². The smallest absolute Gasteiger partial charge is 0.237 e. The van der Waals surface area contributed by atoms with Gasteiger partial charge >= 0.3 is 0 Å². The van der Waals surface area contributed by atoms with Gasteiger partial charge < -0.3 is 20.3 Å². The van der Waals surface area contributed by atoms with Crippen LogP contribution in [0.25, 0.3) is 0 Å². The lowest BCUT2D eigenvalue weighted by molar-refractivity contribution is -0.0907. The minimum atomic E-state index is -0.984. The van der Waals surface area contributed by atoms with Crippen LogP contribution in [0.15, 0.2) is 12.3 Å². The molecule has 0 aliphatic rings. The first-order valence-corrected chi connectivity index (χ1v) is 5.38. The maximum Gasteiger partial charge on any atom is 0.237 e. The van der Waals surface area contributed by atoms with E-state index in [0.29, 0.717) is 17.3 Å². The Bertz CT molecular complexity index is 397. The second kappa shape index (κ2) is 4.41. The van der Waals surface area contributed by atoms with Crippen molar-refractivity contribution in [1.82, 2.24) is 4.98 Å². The first-order chi connectivity index (χ1) is 7.67. The molecule has 0 saturated heterocycles. The Labute approximate surface area is 102 Å². The summed E-state index contributed by atoms with van der Waals surface area (Å²) in [5.41, 5.74) is 4.39. The number of aliphatic hydroxyl groups is 1. The second-order valence-corrected chi connectivity index (χ2v) is 4.94. The van der Waals surface area contributed by atoms with E-state index >= 15 is 0 Å². The van der Waals surface area contributed by atoms with Crippen molar-refractivity contribution in [2.75, 3.05) is 12.8 Å². The van der Waals surface area contributed by atoms with Crippen molar-refractivity contribution in [2.45, 2.75) is 38.9 Å². The summed E-state index contributed by atoms with van der Waals surface area (Å²) in [6.07, 6.45) is 1.52. The molecule has 0 fully saturated rings. The minimum absolute atomic E-state index is 0.360. The van der Waals surface area contributed by atoms with Gasteiger partial charge in [0.05, 0.1) is 24.6 Å². The molecule has 1 aromatic rings. The van der Waals surface area contributed by atoms with Gasteiger partial charge in [0.2, 0.25) is 5.88 Å². The fraction of sp³-hybridized carbons (Fsp3) is 0.583. The van der Waals surface area contributed by atoms with Crippen LogP contribution in [-0.2, 0) is 0 Å². The van der Waals surface area contributed by atoms with Gasteiger partial charge in [-0.15, -0.1) is 0 Å². The number of pyridine rings is 1. The molecular formula is C12H20N2O3. The van der Waals surface area contributed by atoms with Crippen molar-refractivity contribution in [3.05, 3.63) is 12.3 Å². The van der Waals surface area contributed by atoms with Crippen LogP contribution in [0.5, 0.6) is 11.6 Å². The van der Waals surface area contributed by atoms with Gasteiger partial charge in [0.25, 0.3) is 0 Å². The normalized spacial score (nSPS) is 12.4. The van der Waals surface area contributed by atoms with Gasteiger partial charge in [-0.3, -0.25) is 0 Å². The largest absolute Gasteiger partial charge is 0.483 e. The zero-order chi connectivity index (χ0) is 13.3. The van der Waals surface area contributed by atoms with Crippen LogP contribution in [0.2, 0.25) is 0 Å². The molecule has 5 nitrogen and oxygen atoms in total.